The van der Waals surface area contributed by atoms with Crippen molar-refractivity contribution in [1.82, 2.24) is 15.5 Å². The van der Waals surface area contributed by atoms with Gasteiger partial charge in [-0.05, 0) is 25.3 Å². The second-order valence-corrected chi connectivity index (χ2v) is 8.58. The lowest BCUT2D eigenvalue weighted by Crippen LogP contribution is -2.40. The minimum absolute atomic E-state index is 0.0413. The Morgan fingerprint density at radius 1 is 1.16 bits per heavy atom. The Hall–Kier alpha value is -2.88. The molecule has 10 heteroatoms. The fourth-order valence-corrected chi connectivity index (χ4v) is 4.99. The number of methoxy groups -OCH3 is 2. The lowest BCUT2D eigenvalue weighted by Gasteiger charge is -2.30. The summed E-state index contributed by atoms with van der Waals surface area (Å²) in [5.41, 5.74) is 0.880. The van der Waals surface area contributed by atoms with Crippen LogP contribution in [-0.4, -0.2) is 55.9 Å². The molecule has 3 heterocycles. The molecule has 166 valence electrons. The van der Waals surface area contributed by atoms with E-state index in [1.54, 1.807) is 19.1 Å². The number of hydrogen-bond acceptors (Lipinski definition) is 8. The summed E-state index contributed by atoms with van der Waals surface area (Å²) in [5, 5.41) is 13.0. The van der Waals surface area contributed by atoms with Crippen LogP contribution in [0.4, 0.5) is 10.3 Å². The van der Waals surface area contributed by atoms with Gasteiger partial charge in [0.25, 0.3) is 0 Å². The van der Waals surface area contributed by atoms with E-state index in [4.69, 9.17) is 9.47 Å². The van der Waals surface area contributed by atoms with E-state index in [2.05, 4.69) is 20.4 Å². The molecular weight excluding hydrogens is 418 g/mol. The first-order valence-electron chi connectivity index (χ1n) is 10.5. The molecule has 0 spiro atoms. The lowest BCUT2D eigenvalue weighted by molar-refractivity contribution is -0.125. The number of para-hydroxylation sites is 1. The predicted octanol–water partition coefficient (Wildman–Crippen LogP) is 2.21. The minimum Gasteiger partial charge on any atom is -0.493 e. The van der Waals surface area contributed by atoms with Crippen LogP contribution < -0.4 is 24.6 Å². The van der Waals surface area contributed by atoms with E-state index in [9.17, 15) is 9.59 Å². The van der Waals surface area contributed by atoms with Crippen LogP contribution in [0, 0.1) is 5.92 Å². The number of nitrogens with one attached hydrogen (secondary N) is 1. The van der Waals surface area contributed by atoms with Crippen molar-refractivity contribution in [3.63, 3.8) is 0 Å². The Balaban J connectivity index is 1.30. The summed E-state index contributed by atoms with van der Waals surface area (Å²) in [4.78, 5) is 28.5. The van der Waals surface area contributed by atoms with E-state index < -0.39 is 0 Å². The Kier molecular flexibility index (Phi) is 6.55. The number of benzene rings is 1. The van der Waals surface area contributed by atoms with Crippen LogP contribution in [0.5, 0.6) is 11.5 Å². The maximum absolute atomic E-state index is 12.7. The van der Waals surface area contributed by atoms with Gasteiger partial charge in [0.1, 0.15) is 0 Å². The maximum atomic E-state index is 12.7. The Morgan fingerprint density at radius 3 is 2.61 bits per heavy atom. The zero-order chi connectivity index (χ0) is 21.8. The number of carbonyl (C=O) groups excluding carboxylic acids is 2. The monoisotopic (exact) mass is 445 g/mol. The first kappa shape index (κ1) is 21.4. The molecule has 0 saturated carbocycles. The molecule has 0 radical (unpaired) electrons. The van der Waals surface area contributed by atoms with E-state index in [1.165, 1.54) is 11.3 Å². The van der Waals surface area contributed by atoms with Crippen molar-refractivity contribution in [2.75, 3.05) is 43.7 Å². The third kappa shape index (κ3) is 4.58. The quantitative estimate of drug-likeness (QED) is 0.698. The summed E-state index contributed by atoms with van der Waals surface area (Å²) in [5.74, 6) is 1.41. The largest absolute Gasteiger partial charge is 0.493 e. The number of amides is 2. The number of hydrogen-bond donors (Lipinski definition) is 1. The van der Waals surface area contributed by atoms with Crippen molar-refractivity contribution in [2.45, 2.75) is 32.2 Å². The molecular formula is C21H27N5O4S. The van der Waals surface area contributed by atoms with Crippen LogP contribution in [0.25, 0.3) is 0 Å². The second kappa shape index (κ2) is 9.51. The highest BCUT2D eigenvalue weighted by Crippen LogP contribution is 2.33. The molecule has 1 aromatic carbocycles. The molecule has 2 aliphatic heterocycles. The highest BCUT2D eigenvalue weighted by Gasteiger charge is 2.29. The zero-order valence-electron chi connectivity index (χ0n) is 17.8. The molecule has 0 atom stereocenters. The van der Waals surface area contributed by atoms with Crippen LogP contribution in [0.2, 0.25) is 0 Å². The van der Waals surface area contributed by atoms with Crippen molar-refractivity contribution >= 4 is 33.4 Å². The van der Waals surface area contributed by atoms with Crippen molar-refractivity contribution < 1.29 is 19.1 Å². The van der Waals surface area contributed by atoms with Crippen LogP contribution in [-0.2, 0) is 16.1 Å². The average Bonchev–Trinajstić information content (AvgIpc) is 3.46. The van der Waals surface area contributed by atoms with E-state index >= 15 is 0 Å². The molecule has 0 bridgehead atoms. The van der Waals surface area contributed by atoms with E-state index in [-0.39, 0.29) is 17.7 Å². The minimum atomic E-state index is -0.0413. The van der Waals surface area contributed by atoms with Gasteiger partial charge in [0, 0.05) is 44.1 Å². The Labute approximate surface area is 185 Å². The highest BCUT2D eigenvalue weighted by molar-refractivity contribution is 7.19. The van der Waals surface area contributed by atoms with E-state index in [0.717, 1.165) is 43.0 Å². The molecule has 2 amide bonds. The van der Waals surface area contributed by atoms with Crippen molar-refractivity contribution in [3.8, 4) is 11.5 Å². The first-order chi connectivity index (χ1) is 15.1. The Morgan fingerprint density at radius 2 is 1.94 bits per heavy atom. The van der Waals surface area contributed by atoms with Crippen molar-refractivity contribution in [2.24, 2.45) is 5.92 Å². The third-order valence-electron chi connectivity index (χ3n) is 5.78. The third-order valence-corrected chi connectivity index (χ3v) is 6.79. The van der Waals surface area contributed by atoms with Crippen LogP contribution in [0.15, 0.2) is 18.2 Å². The molecule has 4 rings (SSSR count). The fourth-order valence-electron chi connectivity index (χ4n) is 4.05. The molecule has 31 heavy (non-hydrogen) atoms. The van der Waals surface area contributed by atoms with Gasteiger partial charge in [-0.3, -0.25) is 14.5 Å². The predicted molar refractivity (Wildman–Crippen MR) is 118 cm³/mol. The fraction of sp³-hybridized carbons (Fsp3) is 0.524. The molecule has 1 N–H and O–H groups in total. The average molecular weight is 446 g/mol. The molecule has 2 fully saturated rings. The SMILES string of the molecule is COc1cccc(CNC(=O)C2CCN(c3nnc(N4CCCC4=O)s3)CC2)c1OC. The number of rotatable bonds is 7. The van der Waals surface area contributed by atoms with E-state index in [1.807, 2.05) is 18.2 Å². The summed E-state index contributed by atoms with van der Waals surface area (Å²) in [6.07, 6.45) is 2.95. The van der Waals surface area contributed by atoms with Crippen molar-refractivity contribution in [3.05, 3.63) is 23.8 Å². The first-order valence-corrected chi connectivity index (χ1v) is 11.3. The summed E-state index contributed by atoms with van der Waals surface area (Å²) >= 11 is 1.45. The molecule has 1 aromatic heterocycles. The van der Waals surface area contributed by atoms with Gasteiger partial charge in [-0.1, -0.05) is 23.5 Å². The number of nitrogens with zero attached hydrogens (tertiary/aromatic N) is 4. The molecule has 2 aliphatic rings. The smallest absolute Gasteiger partial charge is 0.228 e. The second-order valence-electron chi connectivity index (χ2n) is 7.65. The van der Waals surface area contributed by atoms with Gasteiger partial charge in [0.2, 0.25) is 22.1 Å². The lowest BCUT2D eigenvalue weighted by atomic mass is 9.96. The number of aromatic nitrogens is 2. The molecule has 9 nitrogen and oxygen atoms in total. The van der Waals surface area contributed by atoms with E-state index in [0.29, 0.717) is 36.1 Å². The van der Waals surface area contributed by atoms with Gasteiger partial charge < -0.3 is 19.7 Å². The molecule has 0 aliphatic carbocycles. The zero-order valence-corrected chi connectivity index (χ0v) is 18.6. The highest BCUT2D eigenvalue weighted by atomic mass is 32.1. The van der Waals surface area contributed by atoms with Gasteiger partial charge in [-0.15, -0.1) is 10.2 Å². The molecule has 2 saturated heterocycles. The molecule has 0 unspecified atom stereocenters. The standard InChI is InChI=1S/C21H27N5O4S/c1-29-16-6-3-5-15(18(16)30-2)13-22-19(28)14-8-11-25(12-9-14)20-23-24-21(31-20)26-10-4-7-17(26)27/h3,5-6,14H,4,7-13H2,1-2H3,(H,22,28). The van der Waals surface area contributed by atoms with Crippen molar-refractivity contribution in [1.29, 1.82) is 0 Å². The summed E-state index contributed by atoms with van der Waals surface area (Å²) in [6, 6.07) is 5.63. The van der Waals surface area contributed by atoms with Gasteiger partial charge in [0.15, 0.2) is 11.5 Å². The Bertz CT molecular complexity index is 942. The van der Waals surface area contributed by atoms with Gasteiger partial charge >= 0.3 is 0 Å². The maximum Gasteiger partial charge on any atom is 0.228 e. The van der Waals surface area contributed by atoms with Crippen LogP contribution in [0.3, 0.4) is 0 Å². The topological polar surface area (TPSA) is 96.9 Å². The summed E-state index contributed by atoms with van der Waals surface area (Å²) < 4.78 is 10.8. The summed E-state index contributed by atoms with van der Waals surface area (Å²) in [6.45, 7) is 2.59. The molecule has 2 aromatic rings. The van der Waals surface area contributed by atoms with Gasteiger partial charge in [0.05, 0.1) is 14.2 Å². The normalized spacial score (nSPS) is 17.2. The summed E-state index contributed by atoms with van der Waals surface area (Å²) in [7, 11) is 3.19. The number of carbonyl (C=O) groups is 2. The van der Waals surface area contributed by atoms with Crippen LogP contribution >= 0.6 is 11.3 Å². The van der Waals surface area contributed by atoms with Gasteiger partial charge in [-0.25, -0.2) is 0 Å². The van der Waals surface area contributed by atoms with Gasteiger partial charge in [-0.2, -0.15) is 0 Å². The van der Waals surface area contributed by atoms with Crippen LogP contribution in [0.1, 0.15) is 31.2 Å². The number of ether oxygens (including phenoxy) is 2. The number of piperidine rings is 1. The number of anilines is 2.